The molecule has 1 aromatic carbocycles. The molecule has 0 bridgehead atoms. The quantitative estimate of drug-likeness (QED) is 0.727. The normalized spacial score (nSPS) is 22.1. The van der Waals surface area contributed by atoms with E-state index < -0.39 is 0 Å². The number of hydrogen-bond donors (Lipinski definition) is 2. The van der Waals surface area contributed by atoms with Crippen molar-refractivity contribution < 1.29 is 14.7 Å². The van der Waals surface area contributed by atoms with Crippen molar-refractivity contribution in [2.75, 3.05) is 0 Å². The van der Waals surface area contributed by atoms with Gasteiger partial charge in [0.1, 0.15) is 11.4 Å². The summed E-state index contributed by atoms with van der Waals surface area (Å²) in [5.41, 5.74) is 1.49. The van der Waals surface area contributed by atoms with E-state index in [0.717, 1.165) is 12.0 Å². The molecule has 6 nitrogen and oxygen atoms in total. The fourth-order valence-corrected chi connectivity index (χ4v) is 4.05. The van der Waals surface area contributed by atoms with Gasteiger partial charge in [-0.1, -0.05) is 51.1 Å². The molecule has 1 heterocycles. The van der Waals surface area contributed by atoms with E-state index >= 15 is 0 Å². The predicted octanol–water partition coefficient (Wildman–Crippen LogP) is 3.75. The molecule has 2 N–H and O–H groups in total. The Hall–Kier alpha value is -2.47. The van der Waals surface area contributed by atoms with Gasteiger partial charge in [-0.15, -0.1) is 0 Å². The maximum Gasteiger partial charge on any atom is 0.269 e. The van der Waals surface area contributed by atoms with Gasteiger partial charge in [-0.05, 0) is 37.2 Å². The maximum absolute atomic E-state index is 13.1. The van der Waals surface area contributed by atoms with Crippen LogP contribution in [0.2, 0.25) is 0 Å². The minimum Gasteiger partial charge on any atom is -0.393 e. The number of aliphatic hydroxyl groups is 1. The van der Waals surface area contributed by atoms with Gasteiger partial charge in [-0.25, -0.2) is 0 Å². The number of aromatic nitrogens is 2. The third-order valence-corrected chi connectivity index (χ3v) is 6.02. The van der Waals surface area contributed by atoms with Crippen molar-refractivity contribution in [1.29, 1.82) is 0 Å². The van der Waals surface area contributed by atoms with Crippen LogP contribution in [0.15, 0.2) is 36.4 Å². The number of aliphatic hydroxyl groups excluding tert-OH is 1. The molecule has 3 atom stereocenters. The van der Waals surface area contributed by atoms with Crippen LogP contribution in [0.5, 0.6) is 0 Å². The van der Waals surface area contributed by atoms with Gasteiger partial charge in [0, 0.05) is 18.5 Å². The number of Topliss-reactive ketones (excluding diaryl/α,β-unsaturated/α-hetero) is 1. The molecule has 29 heavy (non-hydrogen) atoms. The molecule has 0 unspecified atom stereocenters. The van der Waals surface area contributed by atoms with E-state index in [9.17, 15) is 14.7 Å². The van der Waals surface area contributed by atoms with Crippen LogP contribution in [-0.4, -0.2) is 38.7 Å². The minimum atomic E-state index is -0.354. The average Bonchev–Trinajstić information content (AvgIpc) is 3.15. The fraction of sp³-hybridized carbons (Fsp3) is 0.522. The zero-order chi connectivity index (χ0) is 21.2. The molecule has 156 valence electrons. The predicted molar refractivity (Wildman–Crippen MR) is 112 cm³/mol. The van der Waals surface area contributed by atoms with E-state index in [1.54, 1.807) is 17.7 Å². The monoisotopic (exact) mass is 397 g/mol. The lowest BCUT2D eigenvalue weighted by molar-refractivity contribution is 0.00174. The molecular formula is C23H31N3O3. The van der Waals surface area contributed by atoms with Crippen LogP contribution in [0.25, 0.3) is 0 Å². The SMILES string of the molecule is CCC(=O)c1cc(C(=O)N[C@H]2CC[C@H](O)C(C)(C)C2)n([C@@H](C)c2ccccc2)n1. The zero-order valence-corrected chi connectivity index (χ0v) is 17.7. The van der Waals surface area contributed by atoms with E-state index in [-0.39, 0.29) is 35.3 Å². The second-order valence-electron chi connectivity index (χ2n) is 8.68. The minimum absolute atomic E-state index is 0.0124. The summed E-state index contributed by atoms with van der Waals surface area (Å²) in [5, 5.41) is 17.8. The lowest BCUT2D eigenvalue weighted by Crippen LogP contribution is -2.46. The summed E-state index contributed by atoms with van der Waals surface area (Å²) in [5.74, 6) is -0.312. The van der Waals surface area contributed by atoms with Gasteiger partial charge < -0.3 is 10.4 Å². The number of carbonyl (C=O) groups is 2. The number of carbonyl (C=O) groups excluding carboxylic acids is 2. The van der Waals surface area contributed by atoms with Crippen LogP contribution in [0.1, 0.15) is 86.0 Å². The highest BCUT2D eigenvalue weighted by molar-refractivity contribution is 5.98. The molecule has 6 heteroatoms. The van der Waals surface area contributed by atoms with Crippen LogP contribution in [0, 0.1) is 5.41 Å². The van der Waals surface area contributed by atoms with Crippen molar-refractivity contribution in [2.45, 2.75) is 71.6 Å². The van der Waals surface area contributed by atoms with Gasteiger partial charge in [0.25, 0.3) is 5.91 Å². The number of ketones is 1. The van der Waals surface area contributed by atoms with Gasteiger partial charge in [0.05, 0.1) is 12.1 Å². The molecular weight excluding hydrogens is 366 g/mol. The smallest absolute Gasteiger partial charge is 0.269 e. The van der Waals surface area contributed by atoms with E-state index in [2.05, 4.69) is 10.4 Å². The molecule has 2 aromatic rings. The molecule has 1 aliphatic carbocycles. The first kappa shape index (κ1) is 21.2. The second kappa shape index (κ2) is 8.49. The number of benzene rings is 1. The van der Waals surface area contributed by atoms with E-state index in [0.29, 0.717) is 30.7 Å². The average molecular weight is 398 g/mol. The number of nitrogens with zero attached hydrogens (tertiary/aromatic N) is 2. The molecule has 1 amide bonds. The van der Waals surface area contributed by atoms with Gasteiger partial charge in [-0.3, -0.25) is 14.3 Å². The van der Waals surface area contributed by atoms with E-state index in [1.165, 1.54) is 0 Å². The number of nitrogens with one attached hydrogen (secondary N) is 1. The van der Waals surface area contributed by atoms with Gasteiger partial charge >= 0.3 is 0 Å². The molecule has 0 radical (unpaired) electrons. The number of amides is 1. The standard InChI is InChI=1S/C23H31N3O3/c1-5-20(27)18-13-19(26(25-18)15(2)16-9-7-6-8-10-16)22(29)24-17-11-12-21(28)23(3,4)14-17/h6-10,13,15,17,21,28H,5,11-12,14H2,1-4H3,(H,24,29)/t15-,17-,21-/m0/s1. The van der Waals surface area contributed by atoms with E-state index in [4.69, 9.17) is 0 Å². The van der Waals surface area contributed by atoms with Crippen LogP contribution < -0.4 is 5.32 Å². The van der Waals surface area contributed by atoms with Gasteiger partial charge in [0.2, 0.25) is 0 Å². The number of hydrogen-bond acceptors (Lipinski definition) is 4. The van der Waals surface area contributed by atoms with Crippen molar-refractivity contribution in [1.82, 2.24) is 15.1 Å². The van der Waals surface area contributed by atoms with Crippen molar-refractivity contribution in [3.8, 4) is 0 Å². The molecule has 1 aromatic heterocycles. The Bertz CT molecular complexity index is 873. The van der Waals surface area contributed by atoms with Crippen LogP contribution >= 0.6 is 0 Å². The van der Waals surface area contributed by atoms with Crippen molar-refractivity contribution in [3.63, 3.8) is 0 Å². The summed E-state index contributed by atoms with van der Waals surface area (Å²) in [6.07, 6.45) is 2.10. The highest BCUT2D eigenvalue weighted by Gasteiger charge is 2.36. The summed E-state index contributed by atoms with van der Waals surface area (Å²) < 4.78 is 1.65. The largest absolute Gasteiger partial charge is 0.393 e. The van der Waals surface area contributed by atoms with Crippen LogP contribution in [-0.2, 0) is 0 Å². The molecule has 0 saturated heterocycles. The third kappa shape index (κ3) is 4.58. The Balaban J connectivity index is 1.88. The Labute approximate surface area is 172 Å². The van der Waals surface area contributed by atoms with Crippen LogP contribution in [0.4, 0.5) is 0 Å². The Morgan fingerprint density at radius 1 is 1.28 bits per heavy atom. The first-order chi connectivity index (χ1) is 13.7. The van der Waals surface area contributed by atoms with Gasteiger partial charge in [0.15, 0.2) is 5.78 Å². The molecule has 3 rings (SSSR count). The lowest BCUT2D eigenvalue weighted by atomic mass is 9.73. The van der Waals surface area contributed by atoms with Gasteiger partial charge in [-0.2, -0.15) is 5.10 Å². The Kier molecular flexibility index (Phi) is 6.22. The zero-order valence-electron chi connectivity index (χ0n) is 17.7. The Morgan fingerprint density at radius 2 is 1.97 bits per heavy atom. The van der Waals surface area contributed by atoms with Crippen molar-refractivity contribution >= 4 is 11.7 Å². The number of rotatable bonds is 6. The summed E-state index contributed by atoms with van der Waals surface area (Å²) in [4.78, 5) is 25.4. The molecule has 1 saturated carbocycles. The summed E-state index contributed by atoms with van der Waals surface area (Å²) in [7, 11) is 0. The first-order valence-corrected chi connectivity index (χ1v) is 10.4. The highest BCUT2D eigenvalue weighted by Crippen LogP contribution is 2.35. The third-order valence-electron chi connectivity index (χ3n) is 6.02. The van der Waals surface area contributed by atoms with Crippen LogP contribution in [0.3, 0.4) is 0 Å². The second-order valence-corrected chi connectivity index (χ2v) is 8.68. The summed E-state index contributed by atoms with van der Waals surface area (Å²) in [6.45, 7) is 7.81. The lowest BCUT2D eigenvalue weighted by Gasteiger charge is -2.39. The Morgan fingerprint density at radius 3 is 2.59 bits per heavy atom. The van der Waals surface area contributed by atoms with Crippen molar-refractivity contribution in [3.05, 3.63) is 53.3 Å². The summed E-state index contributed by atoms with van der Waals surface area (Å²) >= 11 is 0. The highest BCUT2D eigenvalue weighted by atomic mass is 16.3. The fourth-order valence-electron chi connectivity index (χ4n) is 4.05. The topological polar surface area (TPSA) is 84.2 Å². The molecule has 0 aliphatic heterocycles. The van der Waals surface area contributed by atoms with Crippen molar-refractivity contribution in [2.24, 2.45) is 5.41 Å². The molecule has 1 fully saturated rings. The molecule has 1 aliphatic rings. The first-order valence-electron chi connectivity index (χ1n) is 10.4. The summed E-state index contributed by atoms with van der Waals surface area (Å²) in [6, 6.07) is 11.2. The molecule has 0 spiro atoms. The maximum atomic E-state index is 13.1. The van der Waals surface area contributed by atoms with E-state index in [1.807, 2.05) is 51.1 Å².